The Morgan fingerprint density at radius 2 is 2.57 bits per heavy atom. The first-order valence-corrected chi connectivity index (χ1v) is 3.02. The maximum absolute atomic E-state index is 4.06. The maximum Gasteiger partial charge on any atom is 0.142 e. The second kappa shape index (κ2) is 1.66. The second-order valence-electron chi connectivity index (χ2n) is 1.58. The first-order chi connectivity index (χ1) is 3.30. The summed E-state index contributed by atoms with van der Waals surface area (Å²) in [5.41, 5.74) is 2.45. The fourth-order valence-corrected chi connectivity index (χ4v) is 1.03. The molecule has 1 aromatic heterocycles. The Morgan fingerprint density at radius 1 is 1.86 bits per heavy atom. The molecule has 0 N–H and O–H groups in total. The van der Waals surface area contributed by atoms with E-state index >= 15 is 0 Å². The third-order valence-electron chi connectivity index (χ3n) is 0.990. The molecule has 0 aliphatic heterocycles. The van der Waals surface area contributed by atoms with E-state index in [0.29, 0.717) is 0 Å². The van der Waals surface area contributed by atoms with Crippen molar-refractivity contribution in [2.24, 2.45) is 0 Å². The van der Waals surface area contributed by atoms with Gasteiger partial charge in [-0.1, -0.05) is 5.46 Å². The lowest BCUT2D eigenvalue weighted by Crippen LogP contribution is -2.00. The molecular weight excluding hydrogens is 105 g/mol. The van der Waals surface area contributed by atoms with E-state index in [4.69, 9.17) is 0 Å². The molecule has 0 atom stereocenters. The van der Waals surface area contributed by atoms with Gasteiger partial charge in [0.05, 0.1) is 0 Å². The van der Waals surface area contributed by atoms with Crippen molar-refractivity contribution in [2.45, 2.75) is 6.92 Å². The minimum absolute atomic E-state index is 1.16. The first kappa shape index (κ1) is 4.84. The largest absolute Gasteiger partial charge is 0.199 e. The van der Waals surface area contributed by atoms with Crippen LogP contribution in [0.3, 0.4) is 0 Å². The molecule has 0 fully saturated rings. The van der Waals surface area contributed by atoms with E-state index in [9.17, 15) is 0 Å². The molecule has 0 bridgehead atoms. The average Bonchev–Trinajstić information content (AvgIpc) is 1.91. The number of aromatic nitrogens is 1. The van der Waals surface area contributed by atoms with Crippen LogP contribution in [-0.4, -0.2) is 12.2 Å². The van der Waals surface area contributed by atoms with Gasteiger partial charge in [-0.15, -0.1) is 0 Å². The molecular formula is C4H6BNS. The zero-order valence-electron chi connectivity index (χ0n) is 4.43. The summed E-state index contributed by atoms with van der Waals surface area (Å²) in [6, 6.07) is 0. The number of aryl methyl sites for hydroxylation is 1. The van der Waals surface area contributed by atoms with Crippen LogP contribution in [0.25, 0.3) is 0 Å². The van der Waals surface area contributed by atoms with Gasteiger partial charge in [0.2, 0.25) is 0 Å². The lowest BCUT2D eigenvalue weighted by Gasteiger charge is -1.77. The zero-order chi connectivity index (χ0) is 5.28. The lowest BCUT2D eigenvalue weighted by atomic mass is 9.98. The van der Waals surface area contributed by atoms with E-state index in [1.54, 1.807) is 0 Å². The number of nitrogens with zero attached hydrogens (tertiary/aromatic N) is 1. The zero-order valence-corrected chi connectivity index (χ0v) is 5.25. The van der Waals surface area contributed by atoms with Gasteiger partial charge in [-0.3, -0.25) is 0 Å². The van der Waals surface area contributed by atoms with Gasteiger partial charge in [0, 0.05) is 11.1 Å². The smallest absolute Gasteiger partial charge is 0.142 e. The van der Waals surface area contributed by atoms with Crippen molar-refractivity contribution in [3.05, 3.63) is 11.1 Å². The summed E-state index contributed by atoms with van der Waals surface area (Å²) < 4.78 is 4.06. The molecule has 1 rings (SSSR count). The van der Waals surface area contributed by atoms with Gasteiger partial charge in [0.25, 0.3) is 0 Å². The van der Waals surface area contributed by atoms with Crippen LogP contribution in [0.4, 0.5) is 0 Å². The summed E-state index contributed by atoms with van der Waals surface area (Å²) in [6.45, 7) is 2.02. The molecule has 0 aliphatic carbocycles. The van der Waals surface area contributed by atoms with Crippen LogP contribution in [0, 0.1) is 6.92 Å². The monoisotopic (exact) mass is 111 g/mol. The SMILES string of the molecule is Bc1csnc1C. The summed E-state index contributed by atoms with van der Waals surface area (Å²) >= 11 is 1.52. The Labute approximate surface area is 47.9 Å². The van der Waals surface area contributed by atoms with Gasteiger partial charge in [0.1, 0.15) is 7.85 Å². The fraction of sp³-hybridized carbons (Fsp3) is 0.250. The Balaban J connectivity index is 3.12. The van der Waals surface area contributed by atoms with Crippen LogP contribution in [0.15, 0.2) is 5.38 Å². The van der Waals surface area contributed by atoms with Crippen molar-refractivity contribution in [1.29, 1.82) is 0 Å². The van der Waals surface area contributed by atoms with E-state index in [1.165, 1.54) is 17.0 Å². The Morgan fingerprint density at radius 3 is 2.71 bits per heavy atom. The van der Waals surface area contributed by atoms with Gasteiger partial charge >= 0.3 is 0 Å². The van der Waals surface area contributed by atoms with E-state index < -0.39 is 0 Å². The predicted molar refractivity (Wildman–Crippen MR) is 35.0 cm³/mol. The fourth-order valence-electron chi connectivity index (χ4n) is 0.342. The van der Waals surface area contributed by atoms with Crippen molar-refractivity contribution in [1.82, 2.24) is 4.37 Å². The predicted octanol–water partition coefficient (Wildman–Crippen LogP) is -0.290. The van der Waals surface area contributed by atoms with Crippen LogP contribution in [0.1, 0.15) is 5.69 Å². The van der Waals surface area contributed by atoms with Gasteiger partial charge in [0.15, 0.2) is 0 Å². The molecule has 0 saturated carbocycles. The molecule has 36 valence electrons. The summed E-state index contributed by atoms with van der Waals surface area (Å²) in [7, 11) is 2.07. The summed E-state index contributed by atoms with van der Waals surface area (Å²) in [6.07, 6.45) is 0. The third-order valence-corrected chi connectivity index (χ3v) is 1.83. The van der Waals surface area contributed by atoms with Crippen LogP contribution in [0.2, 0.25) is 0 Å². The molecule has 0 aromatic carbocycles. The average molecular weight is 111 g/mol. The molecule has 0 radical (unpaired) electrons. The number of rotatable bonds is 0. The Hall–Kier alpha value is -0.305. The Kier molecular flexibility index (Phi) is 1.15. The molecule has 0 amide bonds. The van der Waals surface area contributed by atoms with E-state index in [0.717, 1.165) is 5.69 Å². The highest BCUT2D eigenvalue weighted by molar-refractivity contribution is 7.04. The topological polar surface area (TPSA) is 12.9 Å². The van der Waals surface area contributed by atoms with Gasteiger partial charge < -0.3 is 0 Å². The normalized spacial score (nSPS) is 9.29. The van der Waals surface area contributed by atoms with E-state index in [-0.39, 0.29) is 0 Å². The van der Waals surface area contributed by atoms with Crippen molar-refractivity contribution in [2.75, 3.05) is 0 Å². The molecule has 1 aromatic rings. The van der Waals surface area contributed by atoms with Gasteiger partial charge in [-0.25, -0.2) is 0 Å². The van der Waals surface area contributed by atoms with E-state index in [1.807, 2.05) is 6.92 Å². The molecule has 0 spiro atoms. The molecule has 3 heteroatoms. The third kappa shape index (κ3) is 0.827. The van der Waals surface area contributed by atoms with Crippen molar-refractivity contribution >= 4 is 24.8 Å². The van der Waals surface area contributed by atoms with Crippen molar-refractivity contribution in [3.63, 3.8) is 0 Å². The second-order valence-corrected chi connectivity index (χ2v) is 2.21. The summed E-state index contributed by atoms with van der Waals surface area (Å²) in [5, 5.41) is 2.05. The molecule has 1 nitrogen and oxygen atoms in total. The quantitative estimate of drug-likeness (QED) is 0.419. The molecule has 0 unspecified atom stereocenters. The number of hydrogen-bond acceptors (Lipinski definition) is 2. The standard InChI is InChI=1S/C4H6BNS/c1-3-4(5)2-7-6-3/h2H,5H2,1H3. The number of hydrogen-bond donors (Lipinski definition) is 0. The van der Waals surface area contributed by atoms with Crippen LogP contribution < -0.4 is 5.46 Å². The van der Waals surface area contributed by atoms with Crippen molar-refractivity contribution in [3.8, 4) is 0 Å². The summed E-state index contributed by atoms with van der Waals surface area (Å²) in [4.78, 5) is 0. The van der Waals surface area contributed by atoms with Crippen molar-refractivity contribution < 1.29 is 0 Å². The minimum atomic E-state index is 1.16. The molecule has 0 saturated heterocycles. The van der Waals surface area contributed by atoms with Crippen LogP contribution in [0.5, 0.6) is 0 Å². The highest BCUT2D eigenvalue weighted by atomic mass is 32.1. The Bertz CT molecular complexity index is 144. The molecule has 1 heterocycles. The summed E-state index contributed by atoms with van der Waals surface area (Å²) in [5.74, 6) is 0. The van der Waals surface area contributed by atoms with Crippen LogP contribution in [-0.2, 0) is 0 Å². The highest BCUT2D eigenvalue weighted by Gasteiger charge is 1.88. The molecule has 0 aliphatic rings. The minimum Gasteiger partial charge on any atom is -0.199 e. The lowest BCUT2D eigenvalue weighted by molar-refractivity contribution is 1.37. The molecule has 7 heavy (non-hydrogen) atoms. The van der Waals surface area contributed by atoms with E-state index in [2.05, 4.69) is 17.6 Å². The van der Waals surface area contributed by atoms with Gasteiger partial charge in [-0.2, -0.15) is 4.37 Å². The van der Waals surface area contributed by atoms with Gasteiger partial charge in [-0.05, 0) is 18.5 Å². The maximum atomic E-state index is 4.06. The first-order valence-electron chi connectivity index (χ1n) is 2.18. The van der Waals surface area contributed by atoms with Crippen LogP contribution >= 0.6 is 11.5 Å². The highest BCUT2D eigenvalue weighted by Crippen LogP contribution is 1.90.